The van der Waals surface area contributed by atoms with Crippen molar-refractivity contribution >= 4 is 17.3 Å². The summed E-state index contributed by atoms with van der Waals surface area (Å²) in [6.07, 6.45) is 0. The lowest BCUT2D eigenvalue weighted by Crippen LogP contribution is -2.36. The maximum Gasteiger partial charge on any atom is 0.191 e. The molecule has 2 N–H and O–H groups in total. The molecule has 0 saturated carbocycles. The molecule has 0 spiro atoms. The Morgan fingerprint density at radius 2 is 1.93 bits per heavy atom. The molecule has 0 atom stereocenters. The summed E-state index contributed by atoms with van der Waals surface area (Å²) >= 11 is 1.71. The number of aliphatic imine (C=N–C) groups is 1. The van der Waals surface area contributed by atoms with Gasteiger partial charge >= 0.3 is 0 Å². The van der Waals surface area contributed by atoms with Crippen molar-refractivity contribution in [3.05, 3.63) is 45.4 Å². The zero-order valence-corrected chi connectivity index (χ0v) is 18.9. The third kappa shape index (κ3) is 8.39. The van der Waals surface area contributed by atoms with Crippen LogP contribution in [0, 0.1) is 13.8 Å². The number of hydrogen-bond donors (Lipinski definition) is 2. The molecule has 8 heteroatoms. The fraction of sp³-hybridized carbons (Fsp3) is 0.524. The predicted octanol–water partition coefficient (Wildman–Crippen LogP) is 2.58. The molecule has 7 nitrogen and oxygen atoms in total. The van der Waals surface area contributed by atoms with Crippen molar-refractivity contribution in [2.24, 2.45) is 4.99 Å². The van der Waals surface area contributed by atoms with Crippen LogP contribution in [-0.4, -0.2) is 63.4 Å². The van der Waals surface area contributed by atoms with Crippen LogP contribution in [0.4, 0.5) is 0 Å². The van der Waals surface area contributed by atoms with Crippen molar-refractivity contribution in [2.45, 2.75) is 26.9 Å². The van der Waals surface area contributed by atoms with E-state index in [1.807, 2.05) is 26.0 Å². The molecule has 0 fully saturated rings. The van der Waals surface area contributed by atoms with Gasteiger partial charge in [0.15, 0.2) is 5.96 Å². The highest BCUT2D eigenvalue weighted by atomic mass is 32.1. The number of rotatable bonds is 11. The smallest absolute Gasteiger partial charge is 0.191 e. The first-order valence-corrected chi connectivity index (χ1v) is 10.6. The number of thiazole rings is 1. The van der Waals surface area contributed by atoms with Crippen molar-refractivity contribution in [2.75, 3.05) is 47.5 Å². The SMILES string of the molecule is CN=C(NCc1cccc(OCCN(C)CCOC)c1)NCc1sc(C)nc1C. The Labute approximate surface area is 178 Å². The third-order valence-electron chi connectivity index (χ3n) is 4.42. The number of guanidine groups is 1. The first kappa shape index (κ1) is 23.1. The second kappa shape index (κ2) is 12.4. The van der Waals surface area contributed by atoms with Gasteiger partial charge in [-0.1, -0.05) is 12.1 Å². The lowest BCUT2D eigenvalue weighted by molar-refractivity contribution is 0.150. The second-order valence-corrected chi connectivity index (χ2v) is 8.10. The summed E-state index contributed by atoms with van der Waals surface area (Å²) in [7, 11) is 5.56. The van der Waals surface area contributed by atoms with E-state index < -0.39 is 0 Å². The lowest BCUT2D eigenvalue weighted by atomic mass is 10.2. The van der Waals surface area contributed by atoms with Gasteiger partial charge in [-0.15, -0.1) is 11.3 Å². The standard InChI is InChI=1S/C21H33N5O2S/c1-16-20(29-17(2)25-16)15-24-21(22-3)23-14-18-7-6-8-19(13-18)28-12-10-26(4)9-11-27-5/h6-8,13H,9-12,14-15H2,1-5H3,(H2,22,23,24). The molecule has 0 amide bonds. The van der Waals surface area contributed by atoms with E-state index in [0.717, 1.165) is 54.2 Å². The largest absolute Gasteiger partial charge is 0.492 e. The van der Waals surface area contributed by atoms with Gasteiger partial charge in [0, 0.05) is 38.7 Å². The van der Waals surface area contributed by atoms with Crippen molar-refractivity contribution < 1.29 is 9.47 Å². The van der Waals surface area contributed by atoms with Crippen LogP contribution in [-0.2, 0) is 17.8 Å². The number of aromatic nitrogens is 1. The summed E-state index contributed by atoms with van der Waals surface area (Å²) < 4.78 is 11.0. The Hall–Kier alpha value is -2.16. The van der Waals surface area contributed by atoms with Gasteiger partial charge in [-0.3, -0.25) is 4.99 Å². The highest BCUT2D eigenvalue weighted by Crippen LogP contribution is 2.16. The summed E-state index contributed by atoms with van der Waals surface area (Å²) in [6, 6.07) is 8.14. The lowest BCUT2D eigenvalue weighted by Gasteiger charge is -2.16. The molecule has 0 aliphatic carbocycles. The molecule has 1 aromatic carbocycles. The maximum atomic E-state index is 5.89. The van der Waals surface area contributed by atoms with E-state index in [9.17, 15) is 0 Å². The van der Waals surface area contributed by atoms with Crippen molar-refractivity contribution in [3.63, 3.8) is 0 Å². The number of methoxy groups -OCH3 is 1. The first-order valence-electron chi connectivity index (χ1n) is 9.78. The number of likely N-dealkylation sites (N-methyl/N-ethyl adjacent to an activating group) is 1. The van der Waals surface area contributed by atoms with Gasteiger partial charge in [0.05, 0.1) is 23.9 Å². The molecule has 1 aromatic heterocycles. The quantitative estimate of drug-likeness (QED) is 0.431. The molecule has 0 aliphatic heterocycles. The van der Waals surface area contributed by atoms with Gasteiger partial charge in [-0.2, -0.15) is 0 Å². The Kier molecular flexibility index (Phi) is 9.90. The molecule has 0 aliphatic rings. The van der Waals surface area contributed by atoms with Gasteiger partial charge in [0.1, 0.15) is 12.4 Å². The van der Waals surface area contributed by atoms with Crippen LogP contribution in [0.15, 0.2) is 29.3 Å². The highest BCUT2D eigenvalue weighted by Gasteiger charge is 2.06. The molecule has 0 bridgehead atoms. The van der Waals surface area contributed by atoms with Gasteiger partial charge < -0.3 is 25.0 Å². The normalized spacial score (nSPS) is 11.7. The van der Waals surface area contributed by atoms with Gasteiger partial charge in [-0.05, 0) is 38.6 Å². The Morgan fingerprint density at radius 3 is 2.62 bits per heavy atom. The van der Waals surface area contributed by atoms with Crippen LogP contribution in [0.5, 0.6) is 5.75 Å². The number of hydrogen-bond acceptors (Lipinski definition) is 6. The van der Waals surface area contributed by atoms with Crippen LogP contribution in [0.1, 0.15) is 21.1 Å². The minimum absolute atomic E-state index is 0.647. The van der Waals surface area contributed by atoms with E-state index in [1.165, 1.54) is 4.88 Å². The summed E-state index contributed by atoms with van der Waals surface area (Å²) in [4.78, 5) is 12.2. The fourth-order valence-electron chi connectivity index (χ4n) is 2.73. The van der Waals surface area contributed by atoms with Crippen LogP contribution < -0.4 is 15.4 Å². The Morgan fingerprint density at radius 1 is 1.17 bits per heavy atom. The number of nitrogens with one attached hydrogen (secondary N) is 2. The van der Waals surface area contributed by atoms with E-state index in [0.29, 0.717) is 13.2 Å². The number of benzene rings is 1. The van der Waals surface area contributed by atoms with E-state index in [1.54, 1.807) is 25.5 Å². The molecule has 2 rings (SSSR count). The highest BCUT2D eigenvalue weighted by molar-refractivity contribution is 7.11. The zero-order chi connectivity index (χ0) is 21.1. The van der Waals surface area contributed by atoms with Gasteiger partial charge in [-0.25, -0.2) is 4.98 Å². The zero-order valence-electron chi connectivity index (χ0n) is 18.1. The average molecular weight is 420 g/mol. The topological polar surface area (TPSA) is 71.0 Å². The number of ether oxygens (including phenoxy) is 2. The second-order valence-electron chi connectivity index (χ2n) is 6.81. The van der Waals surface area contributed by atoms with Crippen LogP contribution in [0.25, 0.3) is 0 Å². The molecular weight excluding hydrogens is 386 g/mol. The van der Waals surface area contributed by atoms with E-state index in [-0.39, 0.29) is 0 Å². The molecule has 1 heterocycles. The fourth-order valence-corrected chi connectivity index (χ4v) is 3.61. The van der Waals surface area contributed by atoms with Crippen molar-refractivity contribution in [3.8, 4) is 5.75 Å². The minimum Gasteiger partial charge on any atom is -0.492 e. The van der Waals surface area contributed by atoms with Crippen molar-refractivity contribution in [1.29, 1.82) is 0 Å². The van der Waals surface area contributed by atoms with Crippen molar-refractivity contribution in [1.82, 2.24) is 20.5 Å². The minimum atomic E-state index is 0.647. The van der Waals surface area contributed by atoms with E-state index in [2.05, 4.69) is 44.7 Å². The van der Waals surface area contributed by atoms with Crippen LogP contribution >= 0.6 is 11.3 Å². The molecule has 0 unspecified atom stereocenters. The third-order valence-corrected chi connectivity index (χ3v) is 5.49. The molecule has 2 aromatic rings. The van der Waals surface area contributed by atoms with E-state index >= 15 is 0 Å². The summed E-state index contributed by atoms with van der Waals surface area (Å²) in [5.41, 5.74) is 2.22. The number of nitrogens with zero attached hydrogens (tertiary/aromatic N) is 3. The Bertz CT molecular complexity index is 778. The maximum absolute atomic E-state index is 5.89. The molecule has 0 saturated heterocycles. The molecule has 29 heavy (non-hydrogen) atoms. The molecule has 0 radical (unpaired) electrons. The Balaban J connectivity index is 1.77. The van der Waals surface area contributed by atoms with Gasteiger partial charge in [0.25, 0.3) is 0 Å². The molecule has 160 valence electrons. The van der Waals surface area contributed by atoms with Crippen LogP contribution in [0.2, 0.25) is 0 Å². The summed E-state index contributed by atoms with van der Waals surface area (Å²) in [5.74, 6) is 1.64. The first-order chi connectivity index (χ1) is 14.0. The monoisotopic (exact) mass is 419 g/mol. The summed E-state index contributed by atoms with van der Waals surface area (Å²) in [5, 5.41) is 7.79. The van der Waals surface area contributed by atoms with Gasteiger partial charge in [0.2, 0.25) is 0 Å². The van der Waals surface area contributed by atoms with E-state index in [4.69, 9.17) is 9.47 Å². The average Bonchev–Trinajstić information content (AvgIpc) is 3.04. The van der Waals surface area contributed by atoms with Crippen LogP contribution in [0.3, 0.4) is 0 Å². The predicted molar refractivity (Wildman–Crippen MR) is 120 cm³/mol. The number of aryl methyl sites for hydroxylation is 2. The molecular formula is C21H33N5O2S. The summed E-state index contributed by atoms with van der Waals surface area (Å²) in [6.45, 7) is 8.60.